The van der Waals surface area contributed by atoms with Crippen molar-refractivity contribution in [2.75, 3.05) is 0 Å². The van der Waals surface area contributed by atoms with Crippen LogP contribution in [0.15, 0.2) is 18.5 Å². The summed E-state index contributed by atoms with van der Waals surface area (Å²) in [6.45, 7) is 8.94. The van der Waals surface area contributed by atoms with Crippen LogP contribution in [-0.2, 0) is 0 Å². The van der Waals surface area contributed by atoms with Crippen molar-refractivity contribution in [3.63, 3.8) is 0 Å². The number of rotatable bonds is 3. The molecule has 0 aliphatic carbocycles. The maximum Gasteiger partial charge on any atom is 0.0299 e. The lowest BCUT2D eigenvalue weighted by atomic mass is 10.1. The van der Waals surface area contributed by atoms with Gasteiger partial charge in [0.15, 0.2) is 0 Å². The molecule has 1 rings (SSSR count). The van der Waals surface area contributed by atoms with Crippen LogP contribution in [0, 0.1) is 0 Å². The van der Waals surface area contributed by atoms with Gasteiger partial charge in [-0.3, -0.25) is 0 Å². The van der Waals surface area contributed by atoms with Gasteiger partial charge < -0.3 is 4.57 Å². The molecule has 0 amide bonds. The van der Waals surface area contributed by atoms with Gasteiger partial charge in [0.25, 0.3) is 0 Å². The fraction of sp³-hybridized carbons (Fsp3) is 0.636. The molecule has 0 saturated heterocycles. The van der Waals surface area contributed by atoms with Crippen molar-refractivity contribution in [2.24, 2.45) is 0 Å². The fourth-order valence-electron chi connectivity index (χ4n) is 1.26. The summed E-state index contributed by atoms with van der Waals surface area (Å²) in [5.74, 6) is 0.648. The Morgan fingerprint density at radius 1 is 1.33 bits per heavy atom. The van der Waals surface area contributed by atoms with E-state index >= 15 is 0 Å². The van der Waals surface area contributed by atoms with E-state index in [0.29, 0.717) is 12.0 Å². The summed E-state index contributed by atoms with van der Waals surface area (Å²) in [5.41, 5.74) is 1.44. The van der Waals surface area contributed by atoms with Gasteiger partial charge in [-0.05, 0) is 30.9 Å². The molecule has 0 bridgehead atoms. The standard InChI is InChI=1S/C11H19N/c1-5-10(4)12-7-6-11(8-12)9(2)3/h6-10H,5H2,1-4H3/t10-/m1/s1. The number of aromatic nitrogens is 1. The number of hydrogen-bond acceptors (Lipinski definition) is 0. The van der Waals surface area contributed by atoms with Crippen molar-refractivity contribution < 1.29 is 0 Å². The van der Waals surface area contributed by atoms with Crippen molar-refractivity contribution in [2.45, 2.75) is 46.1 Å². The predicted molar refractivity (Wildman–Crippen MR) is 53.5 cm³/mol. The van der Waals surface area contributed by atoms with Gasteiger partial charge >= 0.3 is 0 Å². The topological polar surface area (TPSA) is 4.93 Å². The first-order chi connectivity index (χ1) is 5.65. The zero-order valence-electron chi connectivity index (χ0n) is 8.54. The first kappa shape index (κ1) is 9.37. The molecule has 1 nitrogen and oxygen atoms in total. The van der Waals surface area contributed by atoms with Crippen LogP contribution in [0.2, 0.25) is 0 Å². The molecule has 1 aromatic rings. The van der Waals surface area contributed by atoms with Crippen molar-refractivity contribution in [3.8, 4) is 0 Å². The van der Waals surface area contributed by atoms with Crippen LogP contribution in [0.1, 0.15) is 51.6 Å². The van der Waals surface area contributed by atoms with E-state index in [0.717, 1.165) is 0 Å². The molecular weight excluding hydrogens is 146 g/mol. The van der Waals surface area contributed by atoms with E-state index in [9.17, 15) is 0 Å². The number of nitrogens with zero attached hydrogens (tertiary/aromatic N) is 1. The largest absolute Gasteiger partial charge is 0.351 e. The maximum absolute atomic E-state index is 2.30. The van der Waals surface area contributed by atoms with Gasteiger partial charge in [-0.1, -0.05) is 20.8 Å². The molecule has 68 valence electrons. The predicted octanol–water partition coefficient (Wildman–Crippen LogP) is 3.58. The highest BCUT2D eigenvalue weighted by molar-refractivity contribution is 5.14. The van der Waals surface area contributed by atoms with Crippen LogP contribution in [-0.4, -0.2) is 4.57 Å². The van der Waals surface area contributed by atoms with Crippen molar-refractivity contribution in [1.82, 2.24) is 4.57 Å². The molecule has 0 N–H and O–H groups in total. The summed E-state index contributed by atoms with van der Waals surface area (Å²) in [7, 11) is 0. The summed E-state index contributed by atoms with van der Waals surface area (Å²) in [4.78, 5) is 0. The summed E-state index contributed by atoms with van der Waals surface area (Å²) in [5, 5.41) is 0. The van der Waals surface area contributed by atoms with Crippen LogP contribution >= 0.6 is 0 Å². The summed E-state index contributed by atoms with van der Waals surface area (Å²) in [6.07, 6.45) is 5.65. The maximum atomic E-state index is 2.30. The summed E-state index contributed by atoms with van der Waals surface area (Å²) >= 11 is 0. The van der Waals surface area contributed by atoms with Gasteiger partial charge in [0.05, 0.1) is 0 Å². The van der Waals surface area contributed by atoms with Gasteiger partial charge in [0, 0.05) is 18.4 Å². The van der Waals surface area contributed by atoms with Crippen LogP contribution in [0.5, 0.6) is 0 Å². The molecule has 1 heteroatoms. The molecule has 0 saturated carbocycles. The van der Waals surface area contributed by atoms with E-state index in [1.54, 1.807) is 0 Å². The van der Waals surface area contributed by atoms with Gasteiger partial charge in [-0.2, -0.15) is 0 Å². The third-order valence-electron chi connectivity index (χ3n) is 2.50. The zero-order valence-corrected chi connectivity index (χ0v) is 8.54. The van der Waals surface area contributed by atoms with E-state index < -0.39 is 0 Å². The van der Waals surface area contributed by atoms with E-state index in [4.69, 9.17) is 0 Å². The Bertz CT molecular complexity index is 235. The lowest BCUT2D eigenvalue weighted by Gasteiger charge is -2.10. The zero-order chi connectivity index (χ0) is 9.14. The highest BCUT2D eigenvalue weighted by atomic mass is 15.0. The van der Waals surface area contributed by atoms with Gasteiger partial charge in [0.1, 0.15) is 0 Å². The monoisotopic (exact) mass is 165 g/mol. The molecule has 0 unspecified atom stereocenters. The Balaban J connectivity index is 2.77. The Morgan fingerprint density at radius 2 is 2.00 bits per heavy atom. The Morgan fingerprint density at radius 3 is 2.42 bits per heavy atom. The molecule has 12 heavy (non-hydrogen) atoms. The van der Waals surface area contributed by atoms with Crippen LogP contribution in [0.4, 0.5) is 0 Å². The smallest absolute Gasteiger partial charge is 0.0299 e. The molecule has 0 aromatic carbocycles. The highest BCUT2D eigenvalue weighted by Crippen LogP contribution is 2.18. The summed E-state index contributed by atoms with van der Waals surface area (Å²) < 4.78 is 2.30. The van der Waals surface area contributed by atoms with E-state index in [1.807, 2.05) is 0 Å². The average Bonchev–Trinajstić information content (AvgIpc) is 2.51. The molecule has 0 fully saturated rings. The third kappa shape index (κ3) is 1.90. The number of hydrogen-bond donors (Lipinski definition) is 0. The minimum absolute atomic E-state index is 0.637. The van der Waals surface area contributed by atoms with E-state index in [2.05, 4.69) is 50.7 Å². The Kier molecular flexibility index (Phi) is 2.96. The molecule has 1 aromatic heterocycles. The SMILES string of the molecule is CC[C@@H](C)n1ccc(C(C)C)c1. The third-order valence-corrected chi connectivity index (χ3v) is 2.50. The van der Waals surface area contributed by atoms with E-state index in [-0.39, 0.29) is 0 Å². The average molecular weight is 165 g/mol. The van der Waals surface area contributed by atoms with Gasteiger partial charge in [-0.25, -0.2) is 0 Å². The van der Waals surface area contributed by atoms with E-state index in [1.165, 1.54) is 12.0 Å². The quantitative estimate of drug-likeness (QED) is 0.645. The fourth-order valence-corrected chi connectivity index (χ4v) is 1.26. The second kappa shape index (κ2) is 3.79. The molecule has 1 atom stereocenters. The first-order valence-electron chi connectivity index (χ1n) is 4.82. The van der Waals surface area contributed by atoms with Gasteiger partial charge in [-0.15, -0.1) is 0 Å². The molecule has 1 heterocycles. The molecule has 0 radical (unpaired) electrons. The minimum Gasteiger partial charge on any atom is -0.351 e. The lowest BCUT2D eigenvalue weighted by molar-refractivity contribution is 0.532. The highest BCUT2D eigenvalue weighted by Gasteiger charge is 2.04. The molecule has 0 spiro atoms. The second-order valence-corrected chi connectivity index (χ2v) is 3.80. The Hall–Kier alpha value is -0.720. The van der Waals surface area contributed by atoms with Crippen LogP contribution in [0.25, 0.3) is 0 Å². The molecular formula is C11H19N. The second-order valence-electron chi connectivity index (χ2n) is 3.80. The first-order valence-corrected chi connectivity index (χ1v) is 4.82. The molecule has 0 aliphatic heterocycles. The summed E-state index contributed by atoms with van der Waals surface area (Å²) in [6, 6.07) is 2.86. The van der Waals surface area contributed by atoms with Crippen LogP contribution in [0.3, 0.4) is 0 Å². The van der Waals surface area contributed by atoms with Gasteiger partial charge in [0.2, 0.25) is 0 Å². The normalized spacial score (nSPS) is 13.8. The lowest BCUT2D eigenvalue weighted by Crippen LogP contribution is -1.99. The van der Waals surface area contributed by atoms with Crippen molar-refractivity contribution >= 4 is 0 Å². The van der Waals surface area contributed by atoms with Crippen molar-refractivity contribution in [3.05, 3.63) is 24.0 Å². The minimum atomic E-state index is 0.637. The van der Waals surface area contributed by atoms with Crippen molar-refractivity contribution in [1.29, 1.82) is 0 Å². The molecule has 0 aliphatic rings. The Labute approximate surface area is 75.4 Å². The van der Waals surface area contributed by atoms with Crippen LogP contribution < -0.4 is 0 Å².